The molecule has 104 valence electrons. The van der Waals surface area contributed by atoms with Crippen molar-refractivity contribution in [3.05, 3.63) is 58.9 Å². The van der Waals surface area contributed by atoms with Crippen LogP contribution in [-0.4, -0.2) is 11.6 Å². The standard InChI is InChI=1S/C17H20N2O/c1-12-9-13(2)17-15(10-12)16(5-8-20-17)19-11-14-3-6-18-7-4-14/h3-4,6-7,9-10,16,19H,5,8,11H2,1-2H3. The summed E-state index contributed by atoms with van der Waals surface area (Å²) in [5.74, 6) is 1.06. The van der Waals surface area contributed by atoms with Gasteiger partial charge in [0.1, 0.15) is 5.75 Å². The zero-order valence-corrected chi connectivity index (χ0v) is 12.0. The molecule has 0 saturated carbocycles. The van der Waals surface area contributed by atoms with Gasteiger partial charge in [-0.05, 0) is 37.1 Å². The van der Waals surface area contributed by atoms with E-state index in [2.05, 4.69) is 48.4 Å². The molecule has 0 aliphatic carbocycles. The number of nitrogens with zero attached hydrogens (tertiary/aromatic N) is 1. The Labute approximate surface area is 120 Å². The van der Waals surface area contributed by atoms with Crippen molar-refractivity contribution in [3.8, 4) is 5.75 Å². The van der Waals surface area contributed by atoms with Gasteiger partial charge < -0.3 is 10.1 Å². The van der Waals surface area contributed by atoms with E-state index < -0.39 is 0 Å². The highest BCUT2D eigenvalue weighted by atomic mass is 16.5. The molecule has 1 aromatic carbocycles. The van der Waals surface area contributed by atoms with Gasteiger partial charge >= 0.3 is 0 Å². The van der Waals surface area contributed by atoms with Crippen molar-refractivity contribution in [2.45, 2.75) is 32.9 Å². The molecule has 0 fully saturated rings. The van der Waals surface area contributed by atoms with Crippen molar-refractivity contribution in [3.63, 3.8) is 0 Å². The Morgan fingerprint density at radius 2 is 2.05 bits per heavy atom. The normalized spacial score (nSPS) is 17.4. The van der Waals surface area contributed by atoms with Crippen LogP contribution in [0.2, 0.25) is 0 Å². The molecule has 3 nitrogen and oxygen atoms in total. The van der Waals surface area contributed by atoms with Crippen molar-refractivity contribution in [1.29, 1.82) is 0 Å². The average Bonchev–Trinajstić information content (AvgIpc) is 2.46. The molecule has 2 heterocycles. The number of nitrogens with one attached hydrogen (secondary N) is 1. The van der Waals surface area contributed by atoms with Gasteiger partial charge in [0.25, 0.3) is 0 Å². The molecule has 1 unspecified atom stereocenters. The van der Waals surface area contributed by atoms with E-state index >= 15 is 0 Å². The third kappa shape index (κ3) is 2.68. The molecular weight excluding hydrogens is 248 g/mol. The molecule has 20 heavy (non-hydrogen) atoms. The SMILES string of the molecule is Cc1cc(C)c2c(c1)C(NCc1ccncc1)CCO2. The van der Waals surface area contributed by atoms with E-state index in [1.807, 2.05) is 12.4 Å². The summed E-state index contributed by atoms with van der Waals surface area (Å²) in [6.45, 7) is 5.91. The van der Waals surface area contributed by atoms with E-state index in [9.17, 15) is 0 Å². The molecule has 0 spiro atoms. The predicted octanol–water partition coefficient (Wildman–Crippen LogP) is 3.31. The molecule has 0 radical (unpaired) electrons. The highest BCUT2D eigenvalue weighted by Crippen LogP contribution is 2.35. The van der Waals surface area contributed by atoms with Crippen LogP contribution in [0.25, 0.3) is 0 Å². The van der Waals surface area contributed by atoms with Crippen LogP contribution < -0.4 is 10.1 Å². The first-order chi connectivity index (χ1) is 9.74. The van der Waals surface area contributed by atoms with Crippen molar-refractivity contribution >= 4 is 0 Å². The minimum Gasteiger partial charge on any atom is -0.493 e. The lowest BCUT2D eigenvalue weighted by Gasteiger charge is -2.28. The molecular formula is C17H20N2O. The number of rotatable bonds is 3. The summed E-state index contributed by atoms with van der Waals surface area (Å²) in [7, 11) is 0. The number of pyridine rings is 1. The molecule has 0 saturated heterocycles. The number of hydrogen-bond acceptors (Lipinski definition) is 3. The predicted molar refractivity (Wildman–Crippen MR) is 79.8 cm³/mol. The Morgan fingerprint density at radius 1 is 1.25 bits per heavy atom. The first-order valence-corrected chi connectivity index (χ1v) is 7.10. The van der Waals surface area contributed by atoms with Gasteiger partial charge in [-0.3, -0.25) is 4.98 Å². The second kappa shape index (κ2) is 5.63. The maximum Gasteiger partial charge on any atom is 0.126 e. The Balaban J connectivity index is 1.80. The van der Waals surface area contributed by atoms with Gasteiger partial charge in [0.15, 0.2) is 0 Å². The Kier molecular flexibility index (Phi) is 3.70. The van der Waals surface area contributed by atoms with Crippen molar-refractivity contribution in [2.24, 2.45) is 0 Å². The van der Waals surface area contributed by atoms with Gasteiger partial charge in [0.05, 0.1) is 6.61 Å². The minimum absolute atomic E-state index is 0.366. The molecule has 0 amide bonds. The topological polar surface area (TPSA) is 34.2 Å². The molecule has 3 heteroatoms. The van der Waals surface area contributed by atoms with Gasteiger partial charge in [-0.1, -0.05) is 17.7 Å². The van der Waals surface area contributed by atoms with Gasteiger partial charge in [-0.15, -0.1) is 0 Å². The van der Waals surface area contributed by atoms with E-state index in [4.69, 9.17) is 4.74 Å². The van der Waals surface area contributed by atoms with E-state index in [0.717, 1.165) is 25.3 Å². The van der Waals surface area contributed by atoms with Gasteiger partial charge in [0.2, 0.25) is 0 Å². The summed E-state index contributed by atoms with van der Waals surface area (Å²) in [6.07, 6.45) is 4.69. The number of benzene rings is 1. The van der Waals surface area contributed by atoms with E-state index in [0.29, 0.717) is 6.04 Å². The lowest BCUT2D eigenvalue weighted by Crippen LogP contribution is -2.27. The van der Waals surface area contributed by atoms with Crippen LogP contribution in [0.5, 0.6) is 5.75 Å². The van der Waals surface area contributed by atoms with Gasteiger partial charge in [-0.2, -0.15) is 0 Å². The van der Waals surface area contributed by atoms with Crippen LogP contribution in [0.15, 0.2) is 36.7 Å². The fourth-order valence-corrected chi connectivity index (χ4v) is 2.83. The summed E-state index contributed by atoms with van der Waals surface area (Å²) in [5.41, 5.74) is 5.08. The lowest BCUT2D eigenvalue weighted by molar-refractivity contribution is 0.250. The zero-order chi connectivity index (χ0) is 13.9. The number of aryl methyl sites for hydroxylation is 2. The number of aromatic nitrogens is 1. The average molecular weight is 268 g/mol. The maximum absolute atomic E-state index is 5.84. The van der Waals surface area contributed by atoms with Gasteiger partial charge in [0, 0.05) is 37.0 Å². The Bertz CT molecular complexity index is 595. The third-order valence-electron chi connectivity index (χ3n) is 3.78. The summed E-state index contributed by atoms with van der Waals surface area (Å²) in [4.78, 5) is 4.05. The van der Waals surface area contributed by atoms with Crippen LogP contribution in [0, 0.1) is 13.8 Å². The smallest absolute Gasteiger partial charge is 0.126 e. The molecule has 1 aromatic heterocycles. The van der Waals surface area contributed by atoms with E-state index in [-0.39, 0.29) is 0 Å². The third-order valence-corrected chi connectivity index (χ3v) is 3.78. The molecule has 1 atom stereocenters. The van der Waals surface area contributed by atoms with Crippen molar-refractivity contribution in [1.82, 2.24) is 10.3 Å². The fourth-order valence-electron chi connectivity index (χ4n) is 2.83. The second-order valence-electron chi connectivity index (χ2n) is 5.43. The first kappa shape index (κ1) is 13.1. The van der Waals surface area contributed by atoms with Gasteiger partial charge in [-0.25, -0.2) is 0 Å². The van der Waals surface area contributed by atoms with Crippen molar-refractivity contribution < 1.29 is 4.74 Å². The summed E-state index contributed by atoms with van der Waals surface area (Å²) < 4.78 is 5.84. The Hall–Kier alpha value is -1.87. The van der Waals surface area contributed by atoms with Crippen LogP contribution in [0.3, 0.4) is 0 Å². The van der Waals surface area contributed by atoms with Crippen LogP contribution in [0.1, 0.15) is 34.7 Å². The number of hydrogen-bond donors (Lipinski definition) is 1. The van der Waals surface area contributed by atoms with Crippen molar-refractivity contribution in [2.75, 3.05) is 6.61 Å². The highest BCUT2D eigenvalue weighted by Gasteiger charge is 2.22. The summed E-state index contributed by atoms with van der Waals surface area (Å²) in [5, 5.41) is 3.64. The fraction of sp³-hybridized carbons (Fsp3) is 0.353. The van der Waals surface area contributed by atoms with Crippen LogP contribution in [-0.2, 0) is 6.54 Å². The monoisotopic (exact) mass is 268 g/mol. The minimum atomic E-state index is 0.366. The molecule has 1 aliphatic rings. The quantitative estimate of drug-likeness (QED) is 0.927. The highest BCUT2D eigenvalue weighted by molar-refractivity contribution is 5.46. The van der Waals surface area contributed by atoms with Crippen LogP contribution in [0.4, 0.5) is 0 Å². The molecule has 2 aromatic rings. The molecule has 0 bridgehead atoms. The van der Waals surface area contributed by atoms with E-state index in [1.165, 1.54) is 22.3 Å². The Morgan fingerprint density at radius 3 is 2.85 bits per heavy atom. The number of fused-ring (bicyclic) bond motifs is 1. The van der Waals surface area contributed by atoms with Crippen LogP contribution >= 0.6 is 0 Å². The summed E-state index contributed by atoms with van der Waals surface area (Å²) >= 11 is 0. The zero-order valence-electron chi connectivity index (χ0n) is 12.0. The largest absolute Gasteiger partial charge is 0.493 e. The molecule has 1 aliphatic heterocycles. The van der Waals surface area contributed by atoms with E-state index in [1.54, 1.807) is 0 Å². The molecule has 1 N–H and O–H groups in total. The second-order valence-corrected chi connectivity index (χ2v) is 5.43. The molecule has 3 rings (SSSR count). The maximum atomic E-state index is 5.84. The first-order valence-electron chi connectivity index (χ1n) is 7.10. The number of ether oxygens (including phenoxy) is 1. The lowest BCUT2D eigenvalue weighted by atomic mass is 9.95. The summed E-state index contributed by atoms with van der Waals surface area (Å²) in [6, 6.07) is 8.89.